The van der Waals surface area contributed by atoms with Crippen LogP contribution in [-0.2, 0) is 16.2 Å². The van der Waals surface area contributed by atoms with Crippen molar-refractivity contribution in [3.05, 3.63) is 51.7 Å². The van der Waals surface area contributed by atoms with Crippen LogP contribution >= 0.6 is 11.3 Å². The zero-order chi connectivity index (χ0) is 19.0. The summed E-state index contributed by atoms with van der Waals surface area (Å²) in [4.78, 5) is 33.3. The Morgan fingerprint density at radius 2 is 2.19 bits per heavy atom. The van der Waals surface area contributed by atoms with Crippen molar-refractivity contribution in [3.8, 4) is 5.75 Å². The van der Waals surface area contributed by atoms with Crippen LogP contribution in [0.3, 0.4) is 0 Å². The fraction of sp³-hybridized carbons (Fsp3) is 0.350. The fourth-order valence-electron chi connectivity index (χ4n) is 3.39. The quantitative estimate of drug-likeness (QED) is 0.739. The number of carbonyl (C=O) groups is 2. The maximum atomic E-state index is 13.3. The number of amides is 1. The minimum Gasteiger partial charge on any atom is -0.496 e. The number of hydrogen-bond acceptors (Lipinski definition) is 6. The Kier molecular flexibility index (Phi) is 4.47. The second-order valence-electron chi connectivity index (χ2n) is 6.81. The maximum Gasteiger partial charge on any atom is 0.275 e. The number of methoxy groups -OCH3 is 1. The van der Waals surface area contributed by atoms with E-state index in [0.717, 1.165) is 16.9 Å². The fourth-order valence-corrected chi connectivity index (χ4v) is 4.10. The van der Waals surface area contributed by atoms with Gasteiger partial charge >= 0.3 is 0 Å². The van der Waals surface area contributed by atoms with E-state index in [0.29, 0.717) is 30.0 Å². The minimum absolute atomic E-state index is 0.0326. The second kappa shape index (κ2) is 6.81. The molecular formula is C20H20N2O4S. The molecule has 1 aliphatic heterocycles. The van der Waals surface area contributed by atoms with Gasteiger partial charge in [-0.25, -0.2) is 0 Å². The van der Waals surface area contributed by atoms with E-state index in [2.05, 4.69) is 5.16 Å². The summed E-state index contributed by atoms with van der Waals surface area (Å²) in [5, 5.41) is 6.25. The molecule has 1 saturated carbocycles. The molecule has 1 aromatic carbocycles. The Morgan fingerprint density at radius 1 is 1.37 bits per heavy atom. The van der Waals surface area contributed by atoms with Crippen LogP contribution in [0, 0.1) is 0 Å². The molecule has 1 amide bonds. The molecule has 0 saturated heterocycles. The third-order valence-electron chi connectivity index (χ3n) is 5.12. The van der Waals surface area contributed by atoms with Gasteiger partial charge in [-0.15, -0.1) is 11.3 Å². The van der Waals surface area contributed by atoms with Gasteiger partial charge in [0.05, 0.1) is 18.5 Å². The summed E-state index contributed by atoms with van der Waals surface area (Å²) in [6.07, 6.45) is 2.30. The SMILES string of the molecule is COc1ccc(C(C)=O)cc1CN1C(=O)C2(CCC2)ON=C1c1cccs1. The number of benzene rings is 1. The standard InChI is InChI=1S/C20H20N2O4S/c1-13(23)14-6-7-16(25-2)15(11-14)12-22-18(17-5-3-10-27-17)21-26-20(19(22)24)8-4-9-20/h3,5-7,10-11H,4,8-9,12H2,1-2H3. The van der Waals surface area contributed by atoms with E-state index in [1.807, 2.05) is 17.5 Å². The van der Waals surface area contributed by atoms with Crippen LogP contribution in [-0.4, -0.2) is 35.1 Å². The molecule has 7 heteroatoms. The number of oxime groups is 1. The number of Topliss-reactive ketones (excluding diaryl/α,β-unsaturated/α-hetero) is 1. The summed E-state index contributed by atoms with van der Waals surface area (Å²) in [6, 6.07) is 9.10. The number of carbonyl (C=O) groups excluding carboxylic acids is 2. The molecule has 1 fully saturated rings. The van der Waals surface area contributed by atoms with E-state index < -0.39 is 5.60 Å². The van der Waals surface area contributed by atoms with Crippen molar-refractivity contribution in [3.63, 3.8) is 0 Å². The molecule has 0 bridgehead atoms. The van der Waals surface area contributed by atoms with E-state index >= 15 is 0 Å². The molecule has 1 aliphatic carbocycles. The Bertz CT molecular complexity index is 916. The van der Waals surface area contributed by atoms with Gasteiger partial charge < -0.3 is 9.57 Å². The van der Waals surface area contributed by atoms with Crippen LogP contribution in [0.25, 0.3) is 0 Å². The van der Waals surface area contributed by atoms with Crippen LogP contribution in [0.1, 0.15) is 47.0 Å². The Hall–Kier alpha value is -2.67. The average Bonchev–Trinajstić information content (AvgIpc) is 3.16. The first-order valence-corrected chi connectivity index (χ1v) is 9.72. The average molecular weight is 384 g/mol. The number of ether oxygens (including phenoxy) is 1. The van der Waals surface area contributed by atoms with Crippen molar-refractivity contribution in [2.45, 2.75) is 38.3 Å². The first-order valence-electron chi connectivity index (χ1n) is 8.84. The molecule has 4 rings (SSSR count). The van der Waals surface area contributed by atoms with Crippen molar-refractivity contribution < 1.29 is 19.2 Å². The van der Waals surface area contributed by atoms with Crippen molar-refractivity contribution in [2.24, 2.45) is 5.16 Å². The van der Waals surface area contributed by atoms with E-state index in [9.17, 15) is 9.59 Å². The lowest BCUT2D eigenvalue weighted by Crippen LogP contribution is -2.58. The molecular weight excluding hydrogens is 364 g/mol. The molecule has 2 aliphatic rings. The molecule has 0 N–H and O–H groups in total. The third-order valence-corrected chi connectivity index (χ3v) is 5.98. The summed E-state index contributed by atoms with van der Waals surface area (Å²) in [7, 11) is 1.58. The van der Waals surface area contributed by atoms with Gasteiger partial charge in [0.1, 0.15) is 5.75 Å². The van der Waals surface area contributed by atoms with Gasteiger partial charge in [0.25, 0.3) is 5.91 Å². The van der Waals surface area contributed by atoms with Crippen molar-refractivity contribution in [1.29, 1.82) is 0 Å². The Morgan fingerprint density at radius 3 is 2.78 bits per heavy atom. The highest BCUT2D eigenvalue weighted by Gasteiger charge is 2.53. The van der Waals surface area contributed by atoms with Gasteiger partial charge in [-0.05, 0) is 55.8 Å². The smallest absolute Gasteiger partial charge is 0.275 e. The molecule has 1 spiro atoms. The van der Waals surface area contributed by atoms with Gasteiger partial charge in [0.2, 0.25) is 5.60 Å². The summed E-state index contributed by atoms with van der Waals surface area (Å²) < 4.78 is 5.46. The van der Waals surface area contributed by atoms with Gasteiger partial charge in [-0.2, -0.15) is 0 Å². The molecule has 1 aromatic heterocycles. The summed E-state index contributed by atoms with van der Waals surface area (Å²) in [5.41, 5.74) is 0.505. The van der Waals surface area contributed by atoms with E-state index in [1.54, 1.807) is 30.2 Å². The first-order chi connectivity index (χ1) is 13.0. The zero-order valence-corrected chi connectivity index (χ0v) is 16.0. The molecule has 2 heterocycles. The van der Waals surface area contributed by atoms with Gasteiger partial charge in [-0.1, -0.05) is 11.2 Å². The molecule has 6 nitrogen and oxygen atoms in total. The maximum absolute atomic E-state index is 13.3. The molecule has 0 radical (unpaired) electrons. The zero-order valence-electron chi connectivity index (χ0n) is 15.2. The molecule has 27 heavy (non-hydrogen) atoms. The lowest BCUT2D eigenvalue weighted by molar-refractivity contribution is -0.173. The van der Waals surface area contributed by atoms with Gasteiger partial charge in [0.15, 0.2) is 11.6 Å². The Labute approximate surface area is 161 Å². The van der Waals surface area contributed by atoms with Crippen LogP contribution in [0.5, 0.6) is 5.75 Å². The highest BCUT2D eigenvalue weighted by molar-refractivity contribution is 7.12. The number of nitrogens with zero attached hydrogens (tertiary/aromatic N) is 2. The largest absolute Gasteiger partial charge is 0.496 e. The summed E-state index contributed by atoms with van der Waals surface area (Å²) in [6.45, 7) is 1.79. The van der Waals surface area contributed by atoms with Gasteiger partial charge in [0, 0.05) is 11.1 Å². The van der Waals surface area contributed by atoms with Gasteiger partial charge in [-0.3, -0.25) is 14.5 Å². The molecule has 0 unspecified atom stereocenters. The number of hydrogen-bond donors (Lipinski definition) is 0. The number of ketones is 1. The van der Waals surface area contributed by atoms with Crippen molar-refractivity contribution >= 4 is 28.9 Å². The highest BCUT2D eigenvalue weighted by Crippen LogP contribution is 2.41. The number of rotatable bonds is 5. The predicted octanol–water partition coefficient (Wildman–Crippen LogP) is 3.60. The van der Waals surface area contributed by atoms with Crippen LogP contribution in [0.15, 0.2) is 40.9 Å². The second-order valence-corrected chi connectivity index (χ2v) is 7.75. The third kappa shape index (κ3) is 3.02. The van der Waals surface area contributed by atoms with Crippen LogP contribution in [0.4, 0.5) is 0 Å². The first kappa shape index (κ1) is 17.7. The van der Waals surface area contributed by atoms with E-state index in [4.69, 9.17) is 9.57 Å². The number of thiophene rings is 1. The minimum atomic E-state index is -0.841. The monoisotopic (exact) mass is 384 g/mol. The highest BCUT2D eigenvalue weighted by atomic mass is 32.1. The predicted molar refractivity (Wildman–Crippen MR) is 102 cm³/mol. The summed E-state index contributed by atoms with van der Waals surface area (Å²) >= 11 is 1.50. The van der Waals surface area contributed by atoms with E-state index in [-0.39, 0.29) is 18.2 Å². The normalized spacial score (nSPS) is 17.9. The number of amidine groups is 1. The van der Waals surface area contributed by atoms with Crippen LogP contribution < -0.4 is 4.74 Å². The Balaban J connectivity index is 1.74. The lowest BCUT2D eigenvalue weighted by atomic mass is 9.78. The topological polar surface area (TPSA) is 68.2 Å². The van der Waals surface area contributed by atoms with Crippen molar-refractivity contribution in [1.82, 2.24) is 4.90 Å². The molecule has 2 aromatic rings. The lowest BCUT2D eigenvalue weighted by Gasteiger charge is -2.44. The van der Waals surface area contributed by atoms with E-state index in [1.165, 1.54) is 18.3 Å². The van der Waals surface area contributed by atoms with Crippen molar-refractivity contribution in [2.75, 3.05) is 7.11 Å². The molecule has 140 valence electrons. The summed E-state index contributed by atoms with van der Waals surface area (Å²) in [5.74, 6) is 1.02. The van der Waals surface area contributed by atoms with Crippen LogP contribution in [0.2, 0.25) is 0 Å². The molecule has 0 atom stereocenters.